The number of hydrogen-bond donors (Lipinski definition) is 2. The average Bonchev–Trinajstić information content (AvgIpc) is 2.53. The number of urea groups is 2. The molecule has 1 aromatic carbocycles. The lowest BCUT2D eigenvalue weighted by molar-refractivity contribution is 0.202. The Balaban J connectivity index is 2.98. The van der Waals surface area contributed by atoms with Crippen molar-refractivity contribution in [3.63, 3.8) is 0 Å². The third-order valence-electron chi connectivity index (χ3n) is 2.85. The second-order valence-corrected chi connectivity index (χ2v) is 4.24. The first-order valence-electron chi connectivity index (χ1n) is 6.61. The van der Waals surface area contributed by atoms with E-state index in [-0.39, 0.29) is 0 Å². The number of ether oxygens (including phenoxy) is 3. The Labute approximate surface area is 129 Å². The van der Waals surface area contributed by atoms with Crippen molar-refractivity contribution in [1.29, 1.82) is 0 Å². The molecule has 0 spiro atoms. The normalized spacial score (nSPS) is 9.68. The minimum Gasteiger partial charge on any atom is -0.493 e. The lowest BCUT2D eigenvalue weighted by atomic mass is 10.2. The van der Waals surface area contributed by atoms with Gasteiger partial charge < -0.3 is 24.8 Å². The number of imide groups is 1. The molecule has 0 aliphatic rings. The van der Waals surface area contributed by atoms with Gasteiger partial charge in [-0.2, -0.15) is 0 Å². The van der Waals surface area contributed by atoms with Crippen LogP contribution in [0.3, 0.4) is 0 Å². The van der Waals surface area contributed by atoms with Crippen molar-refractivity contribution >= 4 is 17.7 Å². The minimum absolute atomic E-state index is 0.401. The van der Waals surface area contributed by atoms with Gasteiger partial charge in [-0.05, 0) is 6.92 Å². The molecule has 0 radical (unpaired) electrons. The second-order valence-electron chi connectivity index (χ2n) is 4.24. The number of anilines is 1. The molecule has 0 saturated heterocycles. The molecule has 4 amide bonds. The van der Waals surface area contributed by atoms with Gasteiger partial charge in [-0.15, -0.1) is 0 Å². The van der Waals surface area contributed by atoms with Gasteiger partial charge in [0.05, 0.1) is 27.0 Å². The third kappa shape index (κ3) is 3.94. The van der Waals surface area contributed by atoms with Crippen LogP contribution in [0.25, 0.3) is 0 Å². The van der Waals surface area contributed by atoms with Crippen LogP contribution in [0.5, 0.6) is 17.2 Å². The van der Waals surface area contributed by atoms with E-state index >= 15 is 0 Å². The molecule has 8 heteroatoms. The SMILES string of the molecule is CCNC(=O)N(C)C(=O)Nc1cc(OC)c(OC)c(OC)c1. The number of methoxy groups -OCH3 is 3. The standard InChI is InChI=1S/C14H21N3O5/c1-6-15-13(18)17(2)14(19)16-9-7-10(20-3)12(22-5)11(8-9)21-4/h7-8H,6H2,1-5H3,(H,15,18)(H,16,19). The molecule has 0 unspecified atom stereocenters. The van der Waals surface area contributed by atoms with Gasteiger partial charge in [0, 0.05) is 25.7 Å². The van der Waals surface area contributed by atoms with Crippen molar-refractivity contribution in [3.05, 3.63) is 12.1 Å². The van der Waals surface area contributed by atoms with Crippen molar-refractivity contribution in [3.8, 4) is 17.2 Å². The molecular weight excluding hydrogens is 290 g/mol. The first-order chi connectivity index (χ1) is 10.5. The smallest absolute Gasteiger partial charge is 0.329 e. The van der Waals surface area contributed by atoms with Crippen molar-refractivity contribution in [2.75, 3.05) is 40.2 Å². The summed E-state index contributed by atoms with van der Waals surface area (Å²) in [7, 11) is 5.81. The molecule has 1 rings (SSSR count). The van der Waals surface area contributed by atoms with E-state index < -0.39 is 12.1 Å². The van der Waals surface area contributed by atoms with E-state index in [4.69, 9.17) is 14.2 Å². The zero-order chi connectivity index (χ0) is 16.7. The molecule has 0 aliphatic heterocycles. The number of rotatable bonds is 5. The van der Waals surface area contributed by atoms with Gasteiger partial charge in [0.25, 0.3) is 0 Å². The minimum atomic E-state index is -0.583. The highest BCUT2D eigenvalue weighted by molar-refractivity contribution is 6.00. The molecule has 1 aromatic rings. The van der Waals surface area contributed by atoms with Gasteiger partial charge in [0.15, 0.2) is 11.5 Å². The summed E-state index contributed by atoms with van der Waals surface area (Å²) in [5, 5.41) is 5.12. The Morgan fingerprint density at radius 3 is 2.00 bits per heavy atom. The summed E-state index contributed by atoms with van der Waals surface area (Å²) in [6, 6.07) is 2.07. The summed E-state index contributed by atoms with van der Waals surface area (Å²) in [5.41, 5.74) is 0.413. The number of benzene rings is 1. The van der Waals surface area contributed by atoms with Gasteiger partial charge in [-0.25, -0.2) is 14.5 Å². The first kappa shape index (κ1) is 17.4. The lowest BCUT2D eigenvalue weighted by Gasteiger charge is -2.18. The summed E-state index contributed by atoms with van der Waals surface area (Å²) in [6.45, 7) is 2.20. The van der Waals surface area contributed by atoms with Crippen LogP contribution in [0.4, 0.5) is 15.3 Å². The topological polar surface area (TPSA) is 89.1 Å². The molecular formula is C14H21N3O5. The van der Waals surface area contributed by atoms with Crippen LogP contribution in [-0.4, -0.2) is 51.9 Å². The number of nitrogens with one attached hydrogen (secondary N) is 2. The van der Waals surface area contributed by atoms with Crippen LogP contribution in [0, 0.1) is 0 Å². The molecule has 122 valence electrons. The monoisotopic (exact) mass is 311 g/mol. The Hall–Kier alpha value is -2.64. The summed E-state index contributed by atoms with van der Waals surface area (Å²) in [5.74, 6) is 1.22. The predicted molar refractivity (Wildman–Crippen MR) is 82.0 cm³/mol. The second kappa shape index (κ2) is 7.96. The van der Waals surface area contributed by atoms with E-state index in [0.29, 0.717) is 29.5 Å². The fraction of sp³-hybridized carbons (Fsp3) is 0.429. The van der Waals surface area contributed by atoms with Crippen LogP contribution in [0.2, 0.25) is 0 Å². The maximum Gasteiger partial charge on any atom is 0.329 e. The van der Waals surface area contributed by atoms with Gasteiger partial charge in [0.1, 0.15) is 0 Å². The highest BCUT2D eigenvalue weighted by Crippen LogP contribution is 2.39. The Kier molecular flexibility index (Phi) is 6.30. The summed E-state index contributed by atoms with van der Waals surface area (Å²) in [6.07, 6.45) is 0. The fourth-order valence-electron chi connectivity index (χ4n) is 1.72. The van der Waals surface area contributed by atoms with Gasteiger partial charge in [-0.1, -0.05) is 0 Å². The molecule has 0 heterocycles. The zero-order valence-electron chi connectivity index (χ0n) is 13.4. The van der Waals surface area contributed by atoms with Gasteiger partial charge in [0.2, 0.25) is 5.75 Å². The van der Waals surface area contributed by atoms with E-state index in [1.165, 1.54) is 28.4 Å². The average molecular weight is 311 g/mol. The van der Waals surface area contributed by atoms with Crippen LogP contribution in [0.1, 0.15) is 6.92 Å². The Morgan fingerprint density at radius 1 is 1.05 bits per heavy atom. The zero-order valence-corrected chi connectivity index (χ0v) is 13.4. The van der Waals surface area contributed by atoms with Gasteiger partial charge >= 0.3 is 12.1 Å². The van der Waals surface area contributed by atoms with Crippen molar-refractivity contribution in [2.24, 2.45) is 0 Å². The molecule has 8 nitrogen and oxygen atoms in total. The number of carbonyl (C=O) groups excluding carboxylic acids is 2. The Morgan fingerprint density at radius 2 is 1.59 bits per heavy atom. The highest BCUT2D eigenvalue weighted by Gasteiger charge is 2.18. The van der Waals surface area contributed by atoms with Gasteiger partial charge in [-0.3, -0.25) is 0 Å². The van der Waals surface area contributed by atoms with E-state index in [2.05, 4.69) is 10.6 Å². The maximum atomic E-state index is 12.0. The maximum absolute atomic E-state index is 12.0. The molecule has 0 saturated carbocycles. The molecule has 0 aliphatic carbocycles. The number of amides is 4. The van der Waals surface area contributed by atoms with E-state index in [9.17, 15) is 9.59 Å². The summed E-state index contributed by atoms with van der Waals surface area (Å²) < 4.78 is 15.6. The lowest BCUT2D eigenvalue weighted by Crippen LogP contribution is -2.43. The van der Waals surface area contributed by atoms with Crippen LogP contribution in [0.15, 0.2) is 12.1 Å². The third-order valence-corrected chi connectivity index (χ3v) is 2.85. The van der Waals surface area contributed by atoms with Crippen LogP contribution >= 0.6 is 0 Å². The van der Waals surface area contributed by atoms with Crippen LogP contribution < -0.4 is 24.8 Å². The molecule has 0 fully saturated rings. The number of hydrogen-bond acceptors (Lipinski definition) is 5. The van der Waals surface area contributed by atoms with E-state index in [0.717, 1.165) is 4.90 Å². The molecule has 0 atom stereocenters. The molecule has 0 bridgehead atoms. The predicted octanol–water partition coefficient (Wildman–Crippen LogP) is 1.91. The molecule has 0 aromatic heterocycles. The van der Waals surface area contributed by atoms with Crippen LogP contribution in [-0.2, 0) is 0 Å². The first-order valence-corrected chi connectivity index (χ1v) is 6.61. The summed E-state index contributed by atoms with van der Waals surface area (Å²) in [4.78, 5) is 24.6. The number of nitrogens with zero attached hydrogens (tertiary/aromatic N) is 1. The molecule has 22 heavy (non-hydrogen) atoms. The Bertz CT molecular complexity index is 522. The summed E-state index contributed by atoms with van der Waals surface area (Å²) >= 11 is 0. The van der Waals surface area contributed by atoms with Crippen molar-refractivity contribution in [1.82, 2.24) is 10.2 Å². The molecule has 2 N–H and O–H groups in total. The fourth-order valence-corrected chi connectivity index (χ4v) is 1.72. The number of carbonyl (C=O) groups is 2. The quantitative estimate of drug-likeness (QED) is 0.867. The van der Waals surface area contributed by atoms with E-state index in [1.807, 2.05) is 0 Å². The highest BCUT2D eigenvalue weighted by atomic mass is 16.5. The van der Waals surface area contributed by atoms with E-state index in [1.54, 1.807) is 19.1 Å². The van der Waals surface area contributed by atoms with Crippen molar-refractivity contribution in [2.45, 2.75) is 6.92 Å². The largest absolute Gasteiger partial charge is 0.493 e. The van der Waals surface area contributed by atoms with Crippen molar-refractivity contribution < 1.29 is 23.8 Å².